The third-order valence-corrected chi connectivity index (χ3v) is 4.05. The molecule has 1 fully saturated rings. The molecule has 1 heterocycles. The minimum atomic E-state index is -0.278. The van der Waals surface area contributed by atoms with Crippen molar-refractivity contribution in [1.29, 1.82) is 15.8 Å². The average molecular weight is 319 g/mol. The quantitative estimate of drug-likeness (QED) is 0.863. The maximum Gasteiger partial charge on any atom is 0.254 e. The second kappa shape index (κ2) is 7.81. The molecule has 1 unspecified atom stereocenters. The first-order valence-corrected chi connectivity index (χ1v) is 7.73. The number of carbonyl (C=O) groups is 1. The highest BCUT2D eigenvalue weighted by Gasteiger charge is 2.24. The lowest BCUT2D eigenvalue weighted by molar-refractivity contribution is 0.0635. The summed E-state index contributed by atoms with van der Waals surface area (Å²) < 4.78 is 0. The Balaban J connectivity index is 2.15. The van der Waals surface area contributed by atoms with Crippen LogP contribution < -0.4 is 5.32 Å². The molecule has 0 bridgehead atoms. The maximum absolute atomic E-state index is 12.6. The van der Waals surface area contributed by atoms with E-state index >= 15 is 0 Å². The Bertz CT molecular complexity index is 758. The first-order chi connectivity index (χ1) is 11.6. The normalized spacial score (nSPS) is 16.2. The fourth-order valence-corrected chi connectivity index (χ4v) is 2.69. The van der Waals surface area contributed by atoms with Crippen molar-refractivity contribution in [3.8, 4) is 18.2 Å². The summed E-state index contributed by atoms with van der Waals surface area (Å²) in [6.45, 7) is 2.83. The van der Waals surface area contributed by atoms with Gasteiger partial charge in [0.25, 0.3) is 5.91 Å². The summed E-state index contributed by atoms with van der Waals surface area (Å²) in [7, 11) is 0. The molecule has 0 aromatic heterocycles. The zero-order valence-corrected chi connectivity index (χ0v) is 13.4. The molecule has 120 valence electrons. The van der Waals surface area contributed by atoms with Gasteiger partial charge in [0.05, 0.1) is 0 Å². The number of piperidine rings is 1. The molecule has 0 saturated carbocycles. The van der Waals surface area contributed by atoms with Crippen molar-refractivity contribution in [2.45, 2.75) is 32.2 Å². The van der Waals surface area contributed by atoms with Gasteiger partial charge < -0.3 is 10.2 Å². The molecule has 1 aliphatic heterocycles. The van der Waals surface area contributed by atoms with Gasteiger partial charge in [-0.2, -0.15) is 15.8 Å². The number of nitrogens with one attached hydrogen (secondary N) is 1. The Kier molecular flexibility index (Phi) is 5.55. The smallest absolute Gasteiger partial charge is 0.254 e. The molecule has 1 aromatic carbocycles. The van der Waals surface area contributed by atoms with Crippen molar-refractivity contribution in [3.63, 3.8) is 0 Å². The van der Waals surface area contributed by atoms with Gasteiger partial charge in [0, 0.05) is 23.8 Å². The number of likely N-dealkylation sites (tertiary alicyclic amines) is 1. The summed E-state index contributed by atoms with van der Waals surface area (Å²) in [5.74, 6) is -0.000428. The predicted octanol–water partition coefficient (Wildman–Crippen LogP) is 2.94. The predicted molar refractivity (Wildman–Crippen MR) is 88.3 cm³/mol. The molecular formula is C18H17N5O. The van der Waals surface area contributed by atoms with Crippen LogP contribution >= 0.6 is 0 Å². The van der Waals surface area contributed by atoms with Crippen LogP contribution in [0.3, 0.4) is 0 Å². The van der Waals surface area contributed by atoms with E-state index in [1.54, 1.807) is 42.5 Å². The van der Waals surface area contributed by atoms with Crippen LogP contribution in [0.2, 0.25) is 0 Å². The molecule has 1 aliphatic rings. The Morgan fingerprint density at radius 1 is 1.12 bits per heavy atom. The third kappa shape index (κ3) is 3.72. The average Bonchev–Trinajstić information content (AvgIpc) is 2.62. The van der Waals surface area contributed by atoms with Gasteiger partial charge in [0.15, 0.2) is 5.57 Å². The molecule has 1 N–H and O–H groups in total. The van der Waals surface area contributed by atoms with Crippen molar-refractivity contribution < 1.29 is 4.79 Å². The molecule has 1 saturated heterocycles. The van der Waals surface area contributed by atoms with Gasteiger partial charge >= 0.3 is 0 Å². The lowest BCUT2D eigenvalue weighted by Gasteiger charge is -2.33. The van der Waals surface area contributed by atoms with E-state index in [-0.39, 0.29) is 23.2 Å². The summed E-state index contributed by atoms with van der Waals surface area (Å²) in [6.07, 6.45) is 3.20. The number of hydrogen-bond acceptors (Lipinski definition) is 5. The fraction of sp³-hybridized carbons (Fsp3) is 0.333. The number of anilines is 1. The van der Waals surface area contributed by atoms with Gasteiger partial charge in [-0.3, -0.25) is 4.79 Å². The number of carbonyl (C=O) groups excluding carboxylic acids is 1. The van der Waals surface area contributed by atoms with Crippen LogP contribution in [0.25, 0.3) is 0 Å². The van der Waals surface area contributed by atoms with E-state index in [9.17, 15) is 4.79 Å². The Hall–Kier alpha value is -3.30. The van der Waals surface area contributed by atoms with Crippen molar-refractivity contribution >= 4 is 11.6 Å². The van der Waals surface area contributed by atoms with Gasteiger partial charge in [0.2, 0.25) is 0 Å². The molecule has 1 amide bonds. The Morgan fingerprint density at radius 3 is 2.33 bits per heavy atom. The number of allylic oxidation sites excluding steroid dienone is 2. The molecular weight excluding hydrogens is 302 g/mol. The molecule has 6 nitrogen and oxygen atoms in total. The molecule has 1 atom stereocenters. The Morgan fingerprint density at radius 2 is 1.79 bits per heavy atom. The molecule has 24 heavy (non-hydrogen) atoms. The number of rotatable bonds is 3. The zero-order valence-electron chi connectivity index (χ0n) is 13.4. The lowest BCUT2D eigenvalue weighted by Crippen LogP contribution is -2.41. The van der Waals surface area contributed by atoms with Crippen molar-refractivity contribution in [2.75, 3.05) is 11.9 Å². The Labute approximate surface area is 141 Å². The second-order valence-corrected chi connectivity index (χ2v) is 5.63. The van der Waals surface area contributed by atoms with Crippen molar-refractivity contribution in [1.82, 2.24) is 4.90 Å². The minimum absolute atomic E-state index is 0.000428. The highest BCUT2D eigenvalue weighted by molar-refractivity contribution is 5.94. The maximum atomic E-state index is 12.6. The van der Waals surface area contributed by atoms with E-state index in [1.807, 2.05) is 4.90 Å². The number of hydrogen-bond donors (Lipinski definition) is 1. The molecule has 0 aliphatic carbocycles. The standard InChI is InChI=1S/C18H17N5O/c1-13-4-2-3-9-23(13)18(24)14-5-7-16(8-6-14)22-17(12-21)15(10-19)11-20/h5-8,13,22H,2-4,9H2,1H3. The van der Waals surface area contributed by atoms with E-state index in [1.165, 1.54) is 0 Å². The SMILES string of the molecule is CC1CCCCN1C(=O)c1ccc(NC(C#N)=C(C#N)C#N)cc1. The van der Waals surface area contributed by atoms with Crippen LogP contribution in [0.15, 0.2) is 35.5 Å². The van der Waals surface area contributed by atoms with Crippen LogP contribution in [-0.4, -0.2) is 23.4 Å². The molecule has 1 aromatic rings. The number of benzene rings is 1. The van der Waals surface area contributed by atoms with Gasteiger partial charge in [-0.25, -0.2) is 0 Å². The van der Waals surface area contributed by atoms with Crippen LogP contribution in [-0.2, 0) is 0 Å². The molecule has 0 spiro atoms. The summed E-state index contributed by atoms with van der Waals surface area (Å²) in [4.78, 5) is 14.4. The summed E-state index contributed by atoms with van der Waals surface area (Å²) in [5, 5.41) is 29.4. The highest BCUT2D eigenvalue weighted by atomic mass is 16.2. The van der Waals surface area contributed by atoms with Gasteiger partial charge in [-0.15, -0.1) is 0 Å². The van der Waals surface area contributed by atoms with Crippen LogP contribution in [0.4, 0.5) is 5.69 Å². The largest absolute Gasteiger partial charge is 0.345 e. The molecule has 6 heteroatoms. The monoisotopic (exact) mass is 319 g/mol. The number of amides is 1. The van der Waals surface area contributed by atoms with Crippen LogP contribution in [0.5, 0.6) is 0 Å². The van der Waals surface area contributed by atoms with E-state index in [2.05, 4.69) is 12.2 Å². The van der Waals surface area contributed by atoms with E-state index in [0.717, 1.165) is 25.8 Å². The summed E-state index contributed by atoms with van der Waals surface area (Å²) >= 11 is 0. The van der Waals surface area contributed by atoms with Crippen molar-refractivity contribution in [3.05, 3.63) is 41.1 Å². The van der Waals surface area contributed by atoms with E-state index in [0.29, 0.717) is 11.3 Å². The molecule has 0 radical (unpaired) electrons. The fourth-order valence-electron chi connectivity index (χ4n) is 2.69. The van der Waals surface area contributed by atoms with Gasteiger partial charge in [-0.1, -0.05) is 0 Å². The van der Waals surface area contributed by atoms with Crippen molar-refractivity contribution in [2.24, 2.45) is 0 Å². The van der Waals surface area contributed by atoms with Gasteiger partial charge in [-0.05, 0) is 50.5 Å². The van der Waals surface area contributed by atoms with E-state index in [4.69, 9.17) is 15.8 Å². The number of nitrogens with zero attached hydrogens (tertiary/aromatic N) is 4. The van der Waals surface area contributed by atoms with E-state index < -0.39 is 0 Å². The highest BCUT2D eigenvalue weighted by Crippen LogP contribution is 2.20. The second-order valence-electron chi connectivity index (χ2n) is 5.63. The first kappa shape index (κ1) is 17.1. The molecule has 2 rings (SSSR count). The van der Waals surface area contributed by atoms with Crippen LogP contribution in [0.1, 0.15) is 36.5 Å². The summed E-state index contributed by atoms with van der Waals surface area (Å²) in [6, 6.07) is 12.1. The summed E-state index contributed by atoms with van der Waals surface area (Å²) in [5.41, 5.74) is 0.735. The minimum Gasteiger partial charge on any atom is -0.345 e. The lowest BCUT2D eigenvalue weighted by atomic mass is 10.0. The topological polar surface area (TPSA) is 104 Å². The van der Waals surface area contributed by atoms with Gasteiger partial charge in [0.1, 0.15) is 23.9 Å². The van der Waals surface area contributed by atoms with Crippen LogP contribution in [0, 0.1) is 34.0 Å². The third-order valence-electron chi connectivity index (χ3n) is 4.05. The zero-order chi connectivity index (χ0) is 17.5. The number of nitriles is 3. The first-order valence-electron chi connectivity index (χ1n) is 7.73.